The Bertz CT molecular complexity index is 1290. The van der Waals surface area contributed by atoms with Crippen LogP contribution in [-0.4, -0.2) is 30.8 Å². The number of rotatable bonds is 5. The number of sulfone groups is 1. The standard InChI is InChI=1S/C21H17N3O4S/c1-29(26,27)16-11-9-14(10-12-16)13-19-23-24-21(28-19)22-20(25)18-8-4-6-15-5-2-3-7-17(15)18/h2-12H,13H2,1H3,(H,22,24,25). The van der Waals surface area contributed by atoms with E-state index in [0.29, 0.717) is 17.9 Å². The van der Waals surface area contributed by atoms with Gasteiger partial charge in [0.2, 0.25) is 5.89 Å². The minimum atomic E-state index is -3.24. The lowest BCUT2D eigenvalue weighted by Crippen LogP contribution is -2.12. The number of amides is 1. The van der Waals surface area contributed by atoms with E-state index in [0.717, 1.165) is 22.6 Å². The Morgan fingerprint density at radius 2 is 1.69 bits per heavy atom. The molecule has 0 spiro atoms. The first-order chi connectivity index (χ1) is 13.9. The average molecular weight is 407 g/mol. The van der Waals surface area contributed by atoms with Gasteiger partial charge in [0.15, 0.2) is 9.84 Å². The van der Waals surface area contributed by atoms with Gasteiger partial charge < -0.3 is 4.42 Å². The molecule has 0 unspecified atom stereocenters. The van der Waals surface area contributed by atoms with Crippen LogP contribution >= 0.6 is 0 Å². The van der Waals surface area contributed by atoms with E-state index in [-0.39, 0.29) is 16.8 Å². The number of nitrogens with zero attached hydrogens (tertiary/aromatic N) is 2. The normalized spacial score (nSPS) is 11.5. The van der Waals surface area contributed by atoms with E-state index in [1.165, 1.54) is 12.1 Å². The molecule has 0 aliphatic rings. The first-order valence-corrected chi connectivity index (χ1v) is 10.7. The summed E-state index contributed by atoms with van der Waals surface area (Å²) in [6.07, 6.45) is 1.48. The second kappa shape index (κ2) is 7.48. The maximum absolute atomic E-state index is 12.6. The summed E-state index contributed by atoms with van der Waals surface area (Å²) in [7, 11) is -3.24. The van der Waals surface area contributed by atoms with E-state index in [1.54, 1.807) is 18.2 Å². The first-order valence-electron chi connectivity index (χ1n) is 8.81. The van der Waals surface area contributed by atoms with Crippen LogP contribution in [-0.2, 0) is 16.3 Å². The molecule has 0 aliphatic heterocycles. The SMILES string of the molecule is CS(=O)(=O)c1ccc(Cc2nnc(NC(=O)c3cccc4ccccc34)o2)cc1. The third-order valence-corrected chi connectivity index (χ3v) is 5.56. The van der Waals surface area contributed by atoms with Crippen LogP contribution in [0, 0.1) is 0 Å². The predicted octanol–water partition coefficient (Wildman–Crippen LogP) is 3.47. The lowest BCUT2D eigenvalue weighted by Gasteiger charge is -2.05. The highest BCUT2D eigenvalue weighted by molar-refractivity contribution is 7.90. The lowest BCUT2D eigenvalue weighted by molar-refractivity contribution is 0.102. The average Bonchev–Trinajstić information content (AvgIpc) is 3.14. The summed E-state index contributed by atoms with van der Waals surface area (Å²) in [5.74, 6) is -0.0279. The van der Waals surface area contributed by atoms with Gasteiger partial charge in [-0.1, -0.05) is 53.6 Å². The Hall–Kier alpha value is -3.52. The highest BCUT2D eigenvalue weighted by Crippen LogP contribution is 2.20. The van der Waals surface area contributed by atoms with Crippen LogP contribution in [0.15, 0.2) is 76.0 Å². The van der Waals surface area contributed by atoms with E-state index >= 15 is 0 Å². The largest absolute Gasteiger partial charge is 0.407 e. The fourth-order valence-electron chi connectivity index (χ4n) is 2.99. The van der Waals surface area contributed by atoms with E-state index in [1.807, 2.05) is 36.4 Å². The molecule has 0 saturated carbocycles. The minimum absolute atomic E-state index is 0.00527. The molecule has 0 atom stereocenters. The van der Waals surface area contributed by atoms with Crippen molar-refractivity contribution in [2.24, 2.45) is 0 Å². The summed E-state index contributed by atoms with van der Waals surface area (Å²) in [5.41, 5.74) is 1.33. The van der Waals surface area contributed by atoms with Crippen LogP contribution in [0.4, 0.5) is 6.01 Å². The Labute approximate surface area is 167 Å². The molecule has 7 nitrogen and oxygen atoms in total. The number of hydrogen-bond donors (Lipinski definition) is 1. The molecule has 0 saturated heterocycles. The fraction of sp³-hybridized carbons (Fsp3) is 0.0952. The summed E-state index contributed by atoms with van der Waals surface area (Å²) in [6, 6.07) is 19.5. The predicted molar refractivity (Wildman–Crippen MR) is 109 cm³/mol. The summed E-state index contributed by atoms with van der Waals surface area (Å²) < 4.78 is 28.6. The first kappa shape index (κ1) is 18.8. The van der Waals surface area contributed by atoms with Crippen molar-refractivity contribution in [1.82, 2.24) is 10.2 Å². The Balaban J connectivity index is 1.48. The number of carbonyl (C=O) groups excluding carboxylic acids is 1. The molecule has 4 rings (SSSR count). The summed E-state index contributed by atoms with van der Waals surface area (Å²) in [6.45, 7) is 0. The topological polar surface area (TPSA) is 102 Å². The number of carbonyl (C=O) groups is 1. The molecule has 0 bridgehead atoms. The lowest BCUT2D eigenvalue weighted by atomic mass is 10.0. The summed E-state index contributed by atoms with van der Waals surface area (Å²) in [5, 5.41) is 12.2. The molecule has 0 fully saturated rings. The van der Waals surface area contributed by atoms with Gasteiger partial charge in [-0.05, 0) is 34.5 Å². The van der Waals surface area contributed by atoms with Crippen molar-refractivity contribution in [2.45, 2.75) is 11.3 Å². The Morgan fingerprint density at radius 1 is 0.966 bits per heavy atom. The molecule has 4 aromatic rings. The van der Waals surface area contributed by atoms with Crippen LogP contribution in [0.1, 0.15) is 21.8 Å². The maximum atomic E-state index is 12.6. The smallest absolute Gasteiger partial charge is 0.322 e. The van der Waals surface area contributed by atoms with Crippen molar-refractivity contribution < 1.29 is 17.6 Å². The maximum Gasteiger partial charge on any atom is 0.322 e. The number of fused-ring (bicyclic) bond motifs is 1. The van der Waals surface area contributed by atoms with Gasteiger partial charge in [-0.25, -0.2) is 8.42 Å². The number of benzene rings is 3. The van der Waals surface area contributed by atoms with Gasteiger partial charge in [-0.2, -0.15) is 0 Å². The molecule has 0 radical (unpaired) electrons. The number of nitrogens with one attached hydrogen (secondary N) is 1. The molecule has 8 heteroatoms. The zero-order valence-electron chi connectivity index (χ0n) is 15.5. The monoisotopic (exact) mass is 407 g/mol. The molecule has 3 aromatic carbocycles. The molecular formula is C21H17N3O4S. The van der Waals surface area contributed by atoms with Gasteiger partial charge in [0, 0.05) is 11.8 Å². The van der Waals surface area contributed by atoms with Gasteiger partial charge in [0.25, 0.3) is 5.91 Å². The minimum Gasteiger partial charge on any atom is -0.407 e. The fourth-order valence-corrected chi connectivity index (χ4v) is 3.62. The molecule has 1 aromatic heterocycles. The highest BCUT2D eigenvalue weighted by atomic mass is 32.2. The molecule has 146 valence electrons. The quantitative estimate of drug-likeness (QED) is 0.543. The van der Waals surface area contributed by atoms with Gasteiger partial charge in [0.1, 0.15) is 0 Å². The van der Waals surface area contributed by atoms with E-state index in [4.69, 9.17) is 4.42 Å². The third kappa shape index (κ3) is 4.17. The van der Waals surface area contributed by atoms with Crippen LogP contribution in [0.25, 0.3) is 10.8 Å². The van der Waals surface area contributed by atoms with Crippen molar-refractivity contribution in [1.29, 1.82) is 0 Å². The van der Waals surface area contributed by atoms with Gasteiger partial charge in [0.05, 0.1) is 11.3 Å². The van der Waals surface area contributed by atoms with Crippen LogP contribution < -0.4 is 5.32 Å². The molecule has 1 amide bonds. The number of aromatic nitrogens is 2. The number of hydrogen-bond acceptors (Lipinski definition) is 6. The molecule has 1 heterocycles. The zero-order chi connectivity index (χ0) is 20.4. The van der Waals surface area contributed by atoms with Gasteiger partial charge >= 0.3 is 6.01 Å². The summed E-state index contributed by atoms with van der Waals surface area (Å²) >= 11 is 0. The Morgan fingerprint density at radius 3 is 2.45 bits per heavy atom. The second-order valence-corrected chi connectivity index (χ2v) is 8.59. The van der Waals surface area contributed by atoms with Crippen molar-refractivity contribution in [3.05, 3.63) is 83.7 Å². The number of anilines is 1. The highest BCUT2D eigenvalue weighted by Gasteiger charge is 2.14. The Kier molecular flexibility index (Phi) is 4.85. The van der Waals surface area contributed by atoms with Crippen molar-refractivity contribution in [2.75, 3.05) is 11.6 Å². The van der Waals surface area contributed by atoms with E-state index in [2.05, 4.69) is 15.5 Å². The zero-order valence-corrected chi connectivity index (χ0v) is 16.3. The van der Waals surface area contributed by atoms with Gasteiger partial charge in [-0.15, -0.1) is 5.10 Å². The van der Waals surface area contributed by atoms with Crippen molar-refractivity contribution >= 4 is 32.5 Å². The van der Waals surface area contributed by atoms with Gasteiger partial charge in [-0.3, -0.25) is 10.1 Å². The van der Waals surface area contributed by atoms with Crippen molar-refractivity contribution in [3.8, 4) is 0 Å². The van der Waals surface area contributed by atoms with Crippen LogP contribution in [0.5, 0.6) is 0 Å². The van der Waals surface area contributed by atoms with Crippen LogP contribution in [0.2, 0.25) is 0 Å². The van der Waals surface area contributed by atoms with E-state index in [9.17, 15) is 13.2 Å². The second-order valence-electron chi connectivity index (χ2n) is 6.57. The molecule has 29 heavy (non-hydrogen) atoms. The van der Waals surface area contributed by atoms with E-state index < -0.39 is 9.84 Å². The molecule has 1 N–H and O–H groups in total. The van der Waals surface area contributed by atoms with Crippen molar-refractivity contribution in [3.63, 3.8) is 0 Å². The molecular weight excluding hydrogens is 390 g/mol. The summed E-state index contributed by atoms with van der Waals surface area (Å²) in [4.78, 5) is 12.9. The van der Waals surface area contributed by atoms with Crippen LogP contribution in [0.3, 0.4) is 0 Å². The third-order valence-electron chi connectivity index (χ3n) is 4.43. The molecule has 0 aliphatic carbocycles.